The van der Waals surface area contributed by atoms with Gasteiger partial charge in [0.1, 0.15) is 5.82 Å². The number of alkyl halides is 2. The molecule has 1 aliphatic rings. The van der Waals surface area contributed by atoms with E-state index in [0.29, 0.717) is 34.0 Å². The smallest absolute Gasteiger partial charge is 0.316 e. The first kappa shape index (κ1) is 26.1. The summed E-state index contributed by atoms with van der Waals surface area (Å²) in [5.74, 6) is -5.12. The molecule has 0 spiro atoms. The van der Waals surface area contributed by atoms with Crippen molar-refractivity contribution in [2.24, 2.45) is 0 Å². The molecule has 37 heavy (non-hydrogen) atoms. The van der Waals surface area contributed by atoms with Crippen LogP contribution in [0.2, 0.25) is 0 Å². The summed E-state index contributed by atoms with van der Waals surface area (Å²) in [7, 11) is -3.10. The molecule has 1 aliphatic heterocycles. The van der Waals surface area contributed by atoms with Crippen molar-refractivity contribution in [3.05, 3.63) is 65.1 Å². The van der Waals surface area contributed by atoms with Gasteiger partial charge in [0.15, 0.2) is 17.5 Å². The van der Waals surface area contributed by atoms with E-state index >= 15 is 0 Å². The number of carbonyl (C=O) groups is 1. The maximum atomic E-state index is 14.6. The van der Waals surface area contributed by atoms with Crippen LogP contribution in [0.25, 0.3) is 0 Å². The van der Waals surface area contributed by atoms with Gasteiger partial charge in [-0.1, -0.05) is 6.07 Å². The lowest BCUT2D eigenvalue weighted by Crippen LogP contribution is -2.33. The molecule has 9 nitrogen and oxygen atoms in total. The summed E-state index contributed by atoms with van der Waals surface area (Å²) in [6.45, 7) is -4.41. The molecule has 0 bridgehead atoms. The molecule has 0 saturated carbocycles. The van der Waals surface area contributed by atoms with Crippen molar-refractivity contribution < 1.29 is 35.2 Å². The van der Waals surface area contributed by atoms with Crippen LogP contribution in [0, 0.1) is 17.5 Å². The molecule has 2 heterocycles. The van der Waals surface area contributed by atoms with Crippen LogP contribution in [0.5, 0.6) is 0 Å². The molecule has 0 aliphatic carbocycles. The molecule has 1 aromatic heterocycles. The Morgan fingerprint density at radius 2 is 1.86 bits per heavy atom. The molecule has 196 valence electrons. The summed E-state index contributed by atoms with van der Waals surface area (Å²) in [6, 6.07) is 5.87. The van der Waals surface area contributed by atoms with Crippen molar-refractivity contribution >= 4 is 44.8 Å². The fourth-order valence-electron chi connectivity index (χ4n) is 3.72. The average molecular weight is 542 g/mol. The third-order valence-electron chi connectivity index (χ3n) is 5.48. The number of aromatic nitrogens is 2. The molecule has 15 heteroatoms. The van der Waals surface area contributed by atoms with Crippen molar-refractivity contribution in [2.45, 2.75) is 19.5 Å². The molecule has 1 amide bonds. The van der Waals surface area contributed by atoms with E-state index in [-0.39, 0.29) is 23.2 Å². The average Bonchev–Trinajstić information content (AvgIpc) is 3.16. The zero-order valence-electron chi connectivity index (χ0n) is 19.3. The molecule has 2 aromatic carbocycles. The van der Waals surface area contributed by atoms with Crippen molar-refractivity contribution in [3.8, 4) is 0 Å². The molecule has 0 fully saturated rings. The predicted molar refractivity (Wildman–Crippen MR) is 126 cm³/mol. The fourth-order valence-corrected chi connectivity index (χ4v) is 4.26. The maximum absolute atomic E-state index is 14.6. The van der Waals surface area contributed by atoms with Gasteiger partial charge >= 0.3 is 6.55 Å². The molecule has 4 rings (SSSR count). The summed E-state index contributed by atoms with van der Waals surface area (Å²) in [4.78, 5) is 19.2. The molecule has 0 atom stereocenters. The number of nitrogens with zero attached hydrogens (tertiary/aromatic N) is 4. The van der Waals surface area contributed by atoms with Gasteiger partial charge in [0.05, 0.1) is 31.1 Å². The van der Waals surface area contributed by atoms with E-state index in [1.54, 1.807) is 18.2 Å². The van der Waals surface area contributed by atoms with E-state index in [9.17, 15) is 35.2 Å². The van der Waals surface area contributed by atoms with Crippen LogP contribution in [0.4, 0.5) is 50.8 Å². The summed E-state index contributed by atoms with van der Waals surface area (Å²) in [6.07, 6.45) is 1.58. The highest BCUT2D eigenvalue weighted by atomic mass is 32.2. The molecule has 0 unspecified atom stereocenters. The van der Waals surface area contributed by atoms with Gasteiger partial charge in [0, 0.05) is 30.1 Å². The van der Waals surface area contributed by atoms with Crippen molar-refractivity contribution in [2.75, 3.05) is 33.1 Å². The summed E-state index contributed by atoms with van der Waals surface area (Å²) >= 11 is 0. The zero-order valence-corrected chi connectivity index (χ0v) is 20.1. The largest absolute Gasteiger partial charge is 0.325 e. The Morgan fingerprint density at radius 3 is 2.54 bits per heavy atom. The molecular weight excluding hydrogens is 523 g/mol. The van der Waals surface area contributed by atoms with Gasteiger partial charge in [-0.15, -0.1) is 0 Å². The van der Waals surface area contributed by atoms with Crippen LogP contribution in [0.1, 0.15) is 11.1 Å². The summed E-state index contributed by atoms with van der Waals surface area (Å²) in [5.41, 5.74) is 0.473. The Morgan fingerprint density at radius 1 is 1.14 bits per heavy atom. The highest BCUT2D eigenvalue weighted by Gasteiger charge is 2.28. The molecule has 3 aromatic rings. The standard InChI is InChI=1S/C22H19F5N6O3S/c1-32(37(2,35)36)19-12(5-13(23)7-15(19)24)10-33(21(26)27)20-16(25)9-28-22(31-20)29-14-4-3-11-6-18(34)30-17(11)8-14/h3-5,7-9,21H,6,10H2,1-2H3,(H,30,34)(H,28,29,31). The minimum atomic E-state index is -4.06. The lowest BCUT2D eigenvalue weighted by molar-refractivity contribution is -0.115. The van der Waals surface area contributed by atoms with Gasteiger partial charge in [-0.25, -0.2) is 26.6 Å². The van der Waals surface area contributed by atoms with E-state index in [1.807, 2.05) is 0 Å². The number of carbonyl (C=O) groups excluding carboxylic acids is 1. The predicted octanol–water partition coefficient (Wildman–Crippen LogP) is 3.76. The van der Waals surface area contributed by atoms with Crippen molar-refractivity contribution in [3.63, 3.8) is 0 Å². The number of fused-ring (bicyclic) bond motifs is 1. The second kappa shape index (κ2) is 9.80. The van der Waals surface area contributed by atoms with Crippen molar-refractivity contribution in [1.82, 2.24) is 9.97 Å². The Hall–Kier alpha value is -4.01. The summed E-state index contributed by atoms with van der Waals surface area (Å²) in [5, 5.41) is 5.37. The van der Waals surface area contributed by atoms with Gasteiger partial charge in [-0.05, 0) is 23.8 Å². The normalized spacial score (nSPS) is 12.9. The van der Waals surface area contributed by atoms with E-state index in [2.05, 4.69) is 20.6 Å². The van der Waals surface area contributed by atoms with Crippen LogP contribution in [-0.2, 0) is 27.8 Å². The number of nitrogens with one attached hydrogen (secondary N) is 2. The molecule has 0 saturated heterocycles. The Kier molecular flexibility index (Phi) is 6.90. The van der Waals surface area contributed by atoms with E-state index < -0.39 is 57.6 Å². The van der Waals surface area contributed by atoms with E-state index in [0.717, 1.165) is 18.9 Å². The van der Waals surface area contributed by atoms with Gasteiger partial charge in [0.2, 0.25) is 21.9 Å². The number of sulfonamides is 1. The van der Waals surface area contributed by atoms with E-state index in [1.165, 1.54) is 0 Å². The lowest BCUT2D eigenvalue weighted by Gasteiger charge is -2.27. The van der Waals surface area contributed by atoms with Gasteiger partial charge in [0.25, 0.3) is 0 Å². The Balaban J connectivity index is 1.69. The van der Waals surface area contributed by atoms with Crippen LogP contribution in [0.3, 0.4) is 0 Å². The number of amides is 1. The quantitative estimate of drug-likeness (QED) is 0.330. The number of anilines is 5. The third kappa shape index (κ3) is 5.55. The fraction of sp³-hybridized carbons (Fsp3) is 0.227. The Labute approximate surface area is 208 Å². The van der Waals surface area contributed by atoms with Crippen molar-refractivity contribution in [1.29, 1.82) is 0 Å². The first-order valence-electron chi connectivity index (χ1n) is 10.5. The molecule has 2 N–H and O–H groups in total. The topological polar surface area (TPSA) is 108 Å². The second-order valence-electron chi connectivity index (χ2n) is 8.12. The highest BCUT2D eigenvalue weighted by Crippen LogP contribution is 2.32. The van der Waals surface area contributed by atoms with Gasteiger partial charge < -0.3 is 10.6 Å². The van der Waals surface area contributed by atoms with Crippen LogP contribution in [0.15, 0.2) is 36.5 Å². The summed E-state index contributed by atoms with van der Waals surface area (Å²) < 4.78 is 95.7. The van der Waals surface area contributed by atoms with Gasteiger partial charge in [-0.2, -0.15) is 13.8 Å². The van der Waals surface area contributed by atoms with Crippen LogP contribution >= 0.6 is 0 Å². The second-order valence-corrected chi connectivity index (χ2v) is 10.1. The van der Waals surface area contributed by atoms with Crippen LogP contribution < -0.4 is 19.8 Å². The SMILES string of the molecule is CN(c1c(F)cc(F)cc1CN(c1nc(Nc2ccc3c(c2)NC(=O)C3)ncc1F)C(F)F)S(C)(=O)=O. The van der Waals surface area contributed by atoms with E-state index in [4.69, 9.17) is 0 Å². The number of hydrogen-bond acceptors (Lipinski definition) is 7. The number of hydrogen-bond donors (Lipinski definition) is 2. The highest BCUT2D eigenvalue weighted by molar-refractivity contribution is 7.92. The van der Waals surface area contributed by atoms with Crippen LogP contribution in [-0.4, -0.2) is 44.1 Å². The molecule has 0 radical (unpaired) electrons. The maximum Gasteiger partial charge on any atom is 0.316 e. The molecular formula is C22H19F5N6O3S. The minimum absolute atomic E-state index is 0.110. The monoisotopic (exact) mass is 542 g/mol. The lowest BCUT2D eigenvalue weighted by atomic mass is 10.1. The zero-order chi connectivity index (χ0) is 27.1. The number of benzene rings is 2. The number of halogens is 5. The Bertz CT molecular complexity index is 1490. The first-order valence-corrected chi connectivity index (χ1v) is 12.4. The minimum Gasteiger partial charge on any atom is -0.325 e. The third-order valence-corrected chi connectivity index (χ3v) is 6.66. The number of rotatable bonds is 8. The first-order chi connectivity index (χ1) is 17.3. The van der Waals surface area contributed by atoms with Gasteiger partial charge in [-0.3, -0.25) is 14.0 Å².